The molecule has 3 rings (SSSR count). The van der Waals surface area contributed by atoms with Crippen molar-refractivity contribution < 1.29 is 24.0 Å². The number of methoxy groups -OCH3 is 2. The Morgan fingerprint density at radius 1 is 1.07 bits per heavy atom. The molecule has 148 valence electrons. The number of nitro groups is 1. The minimum absolute atomic E-state index is 0.0591. The molecule has 1 aliphatic rings. The van der Waals surface area contributed by atoms with E-state index >= 15 is 0 Å². The zero-order valence-corrected chi connectivity index (χ0v) is 15.9. The first kappa shape index (κ1) is 19.6. The van der Waals surface area contributed by atoms with Gasteiger partial charge in [0.2, 0.25) is 0 Å². The Morgan fingerprint density at radius 3 is 2.32 bits per heavy atom. The lowest BCUT2D eigenvalue weighted by Crippen LogP contribution is -2.13. The number of nitrogens with zero attached hydrogens (tertiary/aromatic N) is 2. The summed E-state index contributed by atoms with van der Waals surface area (Å²) in [5.74, 6) is -1.06. The molecule has 0 atom stereocenters. The van der Waals surface area contributed by atoms with E-state index in [4.69, 9.17) is 9.47 Å². The number of nitro benzene ring substituents is 1. The van der Waals surface area contributed by atoms with Gasteiger partial charge in [0.15, 0.2) is 0 Å². The van der Waals surface area contributed by atoms with E-state index in [0.717, 1.165) is 42.8 Å². The van der Waals surface area contributed by atoms with Crippen molar-refractivity contribution in [2.24, 2.45) is 0 Å². The Bertz CT molecular complexity index is 914. The summed E-state index contributed by atoms with van der Waals surface area (Å²) >= 11 is 0. The maximum atomic E-state index is 12.4. The summed E-state index contributed by atoms with van der Waals surface area (Å²) in [6.07, 6.45) is 3.65. The Morgan fingerprint density at radius 2 is 1.71 bits per heavy atom. The summed E-state index contributed by atoms with van der Waals surface area (Å²) in [7, 11) is 2.60. The number of benzene rings is 1. The van der Waals surface area contributed by atoms with Crippen molar-refractivity contribution in [2.45, 2.75) is 38.6 Å². The smallest absolute Gasteiger partial charge is 0.340 e. The van der Waals surface area contributed by atoms with Crippen molar-refractivity contribution in [1.82, 2.24) is 4.57 Å². The van der Waals surface area contributed by atoms with Gasteiger partial charge in [-0.1, -0.05) is 12.1 Å². The molecule has 0 N–H and O–H groups in total. The molecule has 0 aliphatic carbocycles. The van der Waals surface area contributed by atoms with Gasteiger partial charge in [-0.25, -0.2) is 9.59 Å². The van der Waals surface area contributed by atoms with Crippen molar-refractivity contribution in [2.75, 3.05) is 14.2 Å². The molecule has 1 aromatic carbocycles. The van der Waals surface area contributed by atoms with Gasteiger partial charge in [-0.05, 0) is 37.7 Å². The van der Waals surface area contributed by atoms with Crippen LogP contribution in [0.1, 0.15) is 50.5 Å². The highest BCUT2D eigenvalue weighted by Crippen LogP contribution is 2.31. The van der Waals surface area contributed by atoms with Crippen molar-refractivity contribution in [3.05, 3.63) is 62.5 Å². The van der Waals surface area contributed by atoms with E-state index in [1.165, 1.54) is 26.4 Å². The number of carbonyl (C=O) groups is 2. The van der Waals surface area contributed by atoms with Crippen LogP contribution in [0.3, 0.4) is 0 Å². The Hall–Kier alpha value is -3.16. The summed E-state index contributed by atoms with van der Waals surface area (Å²) < 4.78 is 11.9. The van der Waals surface area contributed by atoms with Gasteiger partial charge in [0.1, 0.15) is 0 Å². The first-order valence-corrected chi connectivity index (χ1v) is 9.12. The Labute approximate surface area is 162 Å². The molecule has 0 unspecified atom stereocenters. The minimum atomic E-state index is -0.535. The molecule has 8 nitrogen and oxygen atoms in total. The van der Waals surface area contributed by atoms with Crippen molar-refractivity contribution >= 4 is 17.6 Å². The zero-order valence-electron chi connectivity index (χ0n) is 15.9. The number of fused-ring (bicyclic) bond motifs is 1. The predicted octanol–water partition coefficient (Wildman–Crippen LogP) is 3.09. The van der Waals surface area contributed by atoms with E-state index in [1.54, 1.807) is 12.1 Å². The largest absolute Gasteiger partial charge is 0.465 e. The van der Waals surface area contributed by atoms with E-state index in [1.807, 2.05) is 4.57 Å². The molecule has 1 aliphatic heterocycles. The summed E-state index contributed by atoms with van der Waals surface area (Å²) in [5, 5.41) is 10.8. The van der Waals surface area contributed by atoms with Gasteiger partial charge >= 0.3 is 11.9 Å². The van der Waals surface area contributed by atoms with E-state index in [2.05, 4.69) is 0 Å². The molecule has 0 bridgehead atoms. The molecule has 0 saturated carbocycles. The zero-order chi connectivity index (χ0) is 20.3. The lowest BCUT2D eigenvalue weighted by molar-refractivity contribution is -0.384. The average molecular weight is 386 g/mol. The van der Waals surface area contributed by atoms with Gasteiger partial charge in [0.25, 0.3) is 5.69 Å². The molecule has 0 spiro atoms. The average Bonchev–Trinajstić information content (AvgIpc) is 3.28. The monoisotopic (exact) mass is 386 g/mol. The normalized spacial score (nSPS) is 12.5. The number of aryl methyl sites for hydroxylation is 1. The Balaban J connectivity index is 1.84. The number of ether oxygens (including phenoxy) is 2. The molecule has 8 heteroatoms. The molecular weight excluding hydrogens is 364 g/mol. The van der Waals surface area contributed by atoms with Crippen LogP contribution in [-0.2, 0) is 35.3 Å². The maximum absolute atomic E-state index is 12.4. The molecule has 28 heavy (non-hydrogen) atoms. The highest BCUT2D eigenvalue weighted by atomic mass is 16.6. The van der Waals surface area contributed by atoms with E-state index in [0.29, 0.717) is 24.0 Å². The van der Waals surface area contributed by atoms with Crippen LogP contribution in [0.25, 0.3) is 0 Å². The van der Waals surface area contributed by atoms with Crippen LogP contribution in [0.5, 0.6) is 0 Å². The number of aromatic nitrogens is 1. The highest BCUT2D eigenvalue weighted by Gasteiger charge is 2.33. The number of esters is 2. The third-order valence-electron chi connectivity index (χ3n) is 5.08. The summed E-state index contributed by atoms with van der Waals surface area (Å²) in [6, 6.07) is 6.45. The third-order valence-corrected chi connectivity index (χ3v) is 5.08. The molecule has 2 aromatic rings. The topological polar surface area (TPSA) is 101 Å². The van der Waals surface area contributed by atoms with E-state index in [9.17, 15) is 19.7 Å². The van der Waals surface area contributed by atoms with Gasteiger partial charge in [-0.15, -0.1) is 0 Å². The number of hydrogen-bond acceptors (Lipinski definition) is 6. The number of rotatable bonds is 7. The van der Waals surface area contributed by atoms with Crippen LogP contribution in [0, 0.1) is 10.1 Å². The minimum Gasteiger partial charge on any atom is -0.465 e. The Kier molecular flexibility index (Phi) is 5.77. The molecular formula is C20H22N2O6. The third kappa shape index (κ3) is 3.62. The molecule has 0 fully saturated rings. The SMILES string of the molecule is COC(=O)c1c(C(=O)OC)c2n(c1CCCc1ccc([N+](=O)[O-])cc1)CCC2. The van der Waals surface area contributed by atoms with Crippen molar-refractivity contribution in [1.29, 1.82) is 0 Å². The number of hydrogen-bond donors (Lipinski definition) is 0. The second kappa shape index (κ2) is 8.24. The maximum Gasteiger partial charge on any atom is 0.340 e. The second-order valence-electron chi connectivity index (χ2n) is 6.66. The fraction of sp³-hybridized carbons (Fsp3) is 0.400. The lowest BCUT2D eigenvalue weighted by atomic mass is 10.0. The molecule has 0 amide bonds. The quantitative estimate of drug-likeness (QED) is 0.412. The van der Waals surface area contributed by atoms with Crippen LogP contribution in [0.2, 0.25) is 0 Å². The molecule has 0 radical (unpaired) electrons. The van der Waals surface area contributed by atoms with Gasteiger partial charge in [0.05, 0.1) is 30.3 Å². The van der Waals surface area contributed by atoms with Gasteiger partial charge < -0.3 is 14.0 Å². The summed E-state index contributed by atoms with van der Waals surface area (Å²) in [5.41, 5.74) is 3.28. The van der Waals surface area contributed by atoms with Crippen molar-refractivity contribution in [3.63, 3.8) is 0 Å². The summed E-state index contributed by atoms with van der Waals surface area (Å²) in [6.45, 7) is 0.753. The number of non-ortho nitro benzene ring substituents is 1. The first-order valence-electron chi connectivity index (χ1n) is 9.12. The summed E-state index contributed by atoms with van der Waals surface area (Å²) in [4.78, 5) is 35.0. The molecule has 1 aromatic heterocycles. The van der Waals surface area contributed by atoms with Crippen LogP contribution >= 0.6 is 0 Å². The van der Waals surface area contributed by atoms with E-state index < -0.39 is 16.9 Å². The standard InChI is InChI=1S/C20H22N2O6/c1-27-19(23)17-15(21-12-4-7-16(21)18(17)20(24)28-2)6-3-5-13-8-10-14(11-9-13)22(25)26/h8-11H,3-7,12H2,1-2H3. The van der Waals surface area contributed by atoms with Gasteiger partial charge in [0, 0.05) is 30.1 Å². The highest BCUT2D eigenvalue weighted by molar-refractivity contribution is 6.05. The van der Waals surface area contributed by atoms with E-state index in [-0.39, 0.29) is 5.69 Å². The fourth-order valence-electron chi connectivity index (χ4n) is 3.80. The van der Waals surface area contributed by atoms with Crippen LogP contribution in [0.4, 0.5) is 5.69 Å². The first-order chi connectivity index (χ1) is 13.5. The van der Waals surface area contributed by atoms with Crippen molar-refractivity contribution in [3.8, 4) is 0 Å². The van der Waals surface area contributed by atoms with Crippen LogP contribution < -0.4 is 0 Å². The van der Waals surface area contributed by atoms with Gasteiger partial charge in [-0.3, -0.25) is 10.1 Å². The fourth-order valence-corrected chi connectivity index (χ4v) is 3.80. The van der Waals surface area contributed by atoms with Gasteiger partial charge in [-0.2, -0.15) is 0 Å². The predicted molar refractivity (Wildman–Crippen MR) is 101 cm³/mol. The molecule has 0 saturated heterocycles. The lowest BCUT2D eigenvalue weighted by Gasteiger charge is -2.09. The second-order valence-corrected chi connectivity index (χ2v) is 6.66. The molecule has 2 heterocycles. The number of carbonyl (C=O) groups excluding carboxylic acids is 2. The van der Waals surface area contributed by atoms with Crippen LogP contribution in [-0.4, -0.2) is 35.6 Å². The van der Waals surface area contributed by atoms with Crippen LogP contribution in [0.15, 0.2) is 24.3 Å².